The fourth-order valence-electron chi connectivity index (χ4n) is 3.57. The topological polar surface area (TPSA) is 111 Å². The van der Waals surface area contributed by atoms with Gasteiger partial charge >= 0.3 is 6.09 Å². The standard InChI is InChI=1S/C21H26N4O5/c1-29-19-8-6-17(7-9-19)24-14-12-23(13-15-24)11-10-20(30-21(22)26)16-2-4-18(5-3-16)25(27)28/h2-9,20H,10-15H2,1H3,(H2,22,26). The third-order valence-electron chi connectivity index (χ3n) is 5.25. The third kappa shape index (κ3) is 5.60. The molecule has 2 N–H and O–H groups in total. The van der Waals surface area contributed by atoms with Crippen molar-refractivity contribution in [3.8, 4) is 5.75 Å². The first-order chi connectivity index (χ1) is 14.5. The van der Waals surface area contributed by atoms with Gasteiger partial charge in [0, 0.05) is 57.0 Å². The highest BCUT2D eigenvalue weighted by molar-refractivity contribution is 5.65. The van der Waals surface area contributed by atoms with Crippen LogP contribution >= 0.6 is 0 Å². The number of nitrogens with zero attached hydrogens (tertiary/aromatic N) is 3. The second kappa shape index (κ2) is 9.93. The lowest BCUT2D eigenvalue weighted by Gasteiger charge is -2.36. The van der Waals surface area contributed by atoms with E-state index in [4.69, 9.17) is 15.2 Å². The van der Waals surface area contributed by atoms with Gasteiger partial charge in [-0.3, -0.25) is 15.0 Å². The molecule has 0 bridgehead atoms. The first-order valence-electron chi connectivity index (χ1n) is 9.78. The molecule has 1 heterocycles. The molecule has 1 unspecified atom stereocenters. The van der Waals surface area contributed by atoms with Gasteiger partial charge in [-0.05, 0) is 42.0 Å². The average molecular weight is 414 g/mol. The van der Waals surface area contributed by atoms with Crippen LogP contribution < -0.4 is 15.4 Å². The number of rotatable bonds is 8. The third-order valence-corrected chi connectivity index (χ3v) is 5.25. The van der Waals surface area contributed by atoms with Crippen molar-refractivity contribution in [3.63, 3.8) is 0 Å². The summed E-state index contributed by atoms with van der Waals surface area (Å²) in [7, 11) is 1.65. The summed E-state index contributed by atoms with van der Waals surface area (Å²) in [5, 5.41) is 10.8. The maximum Gasteiger partial charge on any atom is 0.405 e. The fourth-order valence-corrected chi connectivity index (χ4v) is 3.57. The van der Waals surface area contributed by atoms with Gasteiger partial charge in [-0.2, -0.15) is 0 Å². The number of non-ortho nitro benzene ring substituents is 1. The molecule has 2 aromatic carbocycles. The van der Waals surface area contributed by atoms with E-state index in [1.165, 1.54) is 12.1 Å². The zero-order valence-corrected chi connectivity index (χ0v) is 16.9. The van der Waals surface area contributed by atoms with Gasteiger partial charge in [0.15, 0.2) is 0 Å². The van der Waals surface area contributed by atoms with Crippen molar-refractivity contribution in [2.45, 2.75) is 12.5 Å². The quantitative estimate of drug-likeness (QED) is 0.522. The molecule has 160 valence electrons. The number of carbonyl (C=O) groups excluding carboxylic acids is 1. The van der Waals surface area contributed by atoms with E-state index < -0.39 is 17.1 Å². The van der Waals surface area contributed by atoms with Crippen molar-refractivity contribution in [1.82, 2.24) is 4.90 Å². The number of primary amides is 1. The predicted octanol–water partition coefficient (Wildman–Crippen LogP) is 2.95. The molecule has 0 radical (unpaired) electrons. The normalized spacial score (nSPS) is 15.4. The molecule has 2 aromatic rings. The number of nitro groups is 1. The van der Waals surface area contributed by atoms with E-state index >= 15 is 0 Å². The van der Waals surface area contributed by atoms with Crippen LogP contribution in [0.2, 0.25) is 0 Å². The number of anilines is 1. The molecule has 0 aromatic heterocycles. The van der Waals surface area contributed by atoms with Crippen LogP contribution in [0, 0.1) is 10.1 Å². The number of benzene rings is 2. The zero-order chi connectivity index (χ0) is 21.5. The molecule has 1 aliphatic rings. The molecule has 1 atom stereocenters. The van der Waals surface area contributed by atoms with Crippen LogP contribution in [0.15, 0.2) is 48.5 Å². The number of nitrogens with two attached hydrogens (primary N) is 1. The number of hydrogen-bond donors (Lipinski definition) is 1. The van der Waals surface area contributed by atoms with Crippen LogP contribution in [0.5, 0.6) is 5.75 Å². The number of ether oxygens (including phenoxy) is 2. The lowest BCUT2D eigenvalue weighted by atomic mass is 10.1. The number of piperazine rings is 1. The minimum atomic E-state index is -0.859. The second-order valence-corrected chi connectivity index (χ2v) is 7.09. The van der Waals surface area contributed by atoms with E-state index in [9.17, 15) is 14.9 Å². The summed E-state index contributed by atoms with van der Waals surface area (Å²) in [6.45, 7) is 4.28. The Bertz CT molecular complexity index is 849. The van der Waals surface area contributed by atoms with Crippen LogP contribution in [0.4, 0.5) is 16.2 Å². The Morgan fingerprint density at radius 2 is 1.73 bits per heavy atom. The van der Waals surface area contributed by atoms with Gasteiger partial charge in [-0.1, -0.05) is 0 Å². The summed E-state index contributed by atoms with van der Waals surface area (Å²) in [5.74, 6) is 0.837. The van der Waals surface area contributed by atoms with Crippen LogP contribution in [-0.4, -0.2) is 55.8 Å². The van der Waals surface area contributed by atoms with Crippen LogP contribution in [0.25, 0.3) is 0 Å². The molecule has 3 rings (SSSR count). The van der Waals surface area contributed by atoms with Crippen molar-refractivity contribution in [2.75, 3.05) is 44.7 Å². The van der Waals surface area contributed by atoms with Crippen molar-refractivity contribution >= 4 is 17.5 Å². The highest BCUT2D eigenvalue weighted by Gasteiger charge is 2.21. The molecule has 9 heteroatoms. The van der Waals surface area contributed by atoms with Crippen LogP contribution in [-0.2, 0) is 4.74 Å². The van der Waals surface area contributed by atoms with E-state index in [1.54, 1.807) is 19.2 Å². The largest absolute Gasteiger partial charge is 0.497 e. The maximum atomic E-state index is 11.3. The van der Waals surface area contributed by atoms with Crippen LogP contribution in [0.3, 0.4) is 0 Å². The van der Waals surface area contributed by atoms with Crippen molar-refractivity contribution in [3.05, 3.63) is 64.2 Å². The van der Waals surface area contributed by atoms with Gasteiger partial charge in [0.1, 0.15) is 11.9 Å². The number of nitro benzene ring substituents is 1. The van der Waals surface area contributed by atoms with Gasteiger partial charge in [0.25, 0.3) is 5.69 Å². The molecule has 9 nitrogen and oxygen atoms in total. The monoisotopic (exact) mass is 414 g/mol. The van der Waals surface area contributed by atoms with Gasteiger partial charge < -0.3 is 20.1 Å². The number of methoxy groups -OCH3 is 1. The van der Waals surface area contributed by atoms with Gasteiger partial charge in [0.05, 0.1) is 12.0 Å². The van der Waals surface area contributed by atoms with Gasteiger partial charge in [0.2, 0.25) is 0 Å². The number of hydrogen-bond acceptors (Lipinski definition) is 7. The smallest absolute Gasteiger partial charge is 0.405 e. The highest BCUT2D eigenvalue weighted by Crippen LogP contribution is 2.25. The molecule has 1 amide bonds. The fraction of sp³-hybridized carbons (Fsp3) is 0.381. The summed E-state index contributed by atoms with van der Waals surface area (Å²) in [5.41, 5.74) is 7.07. The first-order valence-corrected chi connectivity index (χ1v) is 9.78. The van der Waals surface area contributed by atoms with E-state index in [0.717, 1.165) is 44.2 Å². The van der Waals surface area contributed by atoms with Crippen molar-refractivity contribution in [1.29, 1.82) is 0 Å². The highest BCUT2D eigenvalue weighted by atomic mass is 16.6. The zero-order valence-electron chi connectivity index (χ0n) is 16.9. The van der Waals surface area contributed by atoms with E-state index in [2.05, 4.69) is 21.9 Å². The molecule has 30 heavy (non-hydrogen) atoms. The minimum absolute atomic E-state index is 0.00812. The molecule has 0 aliphatic carbocycles. The molecule has 0 spiro atoms. The summed E-state index contributed by atoms with van der Waals surface area (Å²) in [6, 6.07) is 14.0. The van der Waals surface area contributed by atoms with E-state index in [-0.39, 0.29) is 5.69 Å². The predicted molar refractivity (Wildman–Crippen MR) is 113 cm³/mol. The average Bonchev–Trinajstić information content (AvgIpc) is 2.77. The Balaban J connectivity index is 1.54. The Morgan fingerprint density at radius 3 is 2.27 bits per heavy atom. The molecular formula is C21H26N4O5. The summed E-state index contributed by atoms with van der Waals surface area (Å²) >= 11 is 0. The van der Waals surface area contributed by atoms with E-state index in [0.29, 0.717) is 12.0 Å². The van der Waals surface area contributed by atoms with Crippen molar-refractivity contribution < 1.29 is 19.2 Å². The Labute approximate surface area is 175 Å². The summed E-state index contributed by atoms with van der Waals surface area (Å²) in [6.07, 6.45) is -0.839. The summed E-state index contributed by atoms with van der Waals surface area (Å²) < 4.78 is 10.5. The Kier molecular flexibility index (Phi) is 7.08. The molecule has 1 fully saturated rings. The van der Waals surface area contributed by atoms with Crippen molar-refractivity contribution in [2.24, 2.45) is 5.73 Å². The summed E-state index contributed by atoms with van der Waals surface area (Å²) in [4.78, 5) is 26.3. The molecular weight excluding hydrogens is 388 g/mol. The first kappa shape index (κ1) is 21.4. The lowest BCUT2D eigenvalue weighted by Crippen LogP contribution is -2.46. The lowest BCUT2D eigenvalue weighted by molar-refractivity contribution is -0.384. The number of amides is 1. The van der Waals surface area contributed by atoms with Gasteiger partial charge in [-0.25, -0.2) is 4.79 Å². The Morgan fingerprint density at radius 1 is 1.10 bits per heavy atom. The second-order valence-electron chi connectivity index (χ2n) is 7.09. The van der Waals surface area contributed by atoms with E-state index in [1.807, 2.05) is 12.1 Å². The SMILES string of the molecule is COc1ccc(N2CCN(CCC(OC(N)=O)c3ccc([N+](=O)[O-])cc3)CC2)cc1. The molecule has 1 aliphatic heterocycles. The number of carbonyl (C=O) groups is 1. The molecule has 0 saturated carbocycles. The van der Waals surface area contributed by atoms with Crippen LogP contribution in [0.1, 0.15) is 18.1 Å². The molecule has 1 saturated heterocycles. The van der Waals surface area contributed by atoms with Gasteiger partial charge in [-0.15, -0.1) is 0 Å². The Hall–Kier alpha value is -3.33. The minimum Gasteiger partial charge on any atom is -0.497 e. The maximum absolute atomic E-state index is 11.3.